The predicted octanol–water partition coefficient (Wildman–Crippen LogP) is 12.5. The standard InChI is InChI=1S/C26H27N2O.C22H26NSi.Ir/c1-16(2)23-15-27-24(14-19(23)13-18-7-4-5-8-18)22-10-6-9-20-21-12-11-17(3)28-26(21)29-25(20)22;1-16(2)13-18-14-21(23-15-22(18)24(3,4)5)20-12-8-10-17-9-6-7-11-19(17)20;/h6,9,11-12,14-16,18H,4-5,7-8,13H2,1-3H3;6-11,14-16H,13H2,1-5H3;/q2*-1;. The van der Waals surface area contributed by atoms with Gasteiger partial charge in [0.25, 0.3) is 0 Å². The van der Waals surface area contributed by atoms with Crippen LogP contribution >= 0.6 is 0 Å². The smallest absolute Gasteiger partial charge is 0.216 e. The molecule has 0 amide bonds. The average molecular weight is 908 g/mol. The van der Waals surface area contributed by atoms with Crippen LogP contribution in [0.4, 0.5) is 0 Å². The molecule has 1 fully saturated rings. The summed E-state index contributed by atoms with van der Waals surface area (Å²) in [6, 6.07) is 32.2. The molecule has 1 aliphatic rings. The minimum Gasteiger partial charge on any atom is -0.486 e. The van der Waals surface area contributed by atoms with Crippen molar-refractivity contribution in [3.8, 4) is 22.5 Å². The molecule has 0 aliphatic heterocycles. The van der Waals surface area contributed by atoms with E-state index < -0.39 is 8.07 Å². The molecular formula is C48H53IrN3OSi-2. The van der Waals surface area contributed by atoms with Gasteiger partial charge in [-0.3, -0.25) is 0 Å². The maximum Gasteiger partial charge on any atom is 0.216 e. The number of hydrogen-bond acceptors (Lipinski definition) is 4. The van der Waals surface area contributed by atoms with E-state index in [1.165, 1.54) is 58.3 Å². The van der Waals surface area contributed by atoms with Gasteiger partial charge in [-0.05, 0) is 77.4 Å². The number of pyridine rings is 3. The van der Waals surface area contributed by atoms with Gasteiger partial charge in [0.05, 0.1) is 13.7 Å². The zero-order chi connectivity index (χ0) is 37.3. The van der Waals surface area contributed by atoms with Crippen molar-refractivity contribution in [3.63, 3.8) is 0 Å². The molecule has 1 aliphatic carbocycles. The van der Waals surface area contributed by atoms with Crippen LogP contribution in [0.3, 0.4) is 0 Å². The van der Waals surface area contributed by atoms with E-state index in [1.807, 2.05) is 25.1 Å². The molecule has 4 nitrogen and oxygen atoms in total. The van der Waals surface area contributed by atoms with Crippen LogP contribution < -0.4 is 5.19 Å². The summed E-state index contributed by atoms with van der Waals surface area (Å²) in [5, 5.41) is 6.08. The maximum absolute atomic E-state index is 6.19. The van der Waals surface area contributed by atoms with Gasteiger partial charge in [0.1, 0.15) is 0 Å². The Morgan fingerprint density at radius 1 is 0.778 bits per heavy atom. The van der Waals surface area contributed by atoms with Crippen molar-refractivity contribution in [1.82, 2.24) is 15.0 Å². The molecule has 4 heterocycles. The second-order valence-corrected chi connectivity index (χ2v) is 21.8. The summed E-state index contributed by atoms with van der Waals surface area (Å²) in [6.45, 7) is 18.3. The zero-order valence-corrected chi connectivity index (χ0v) is 36.5. The number of benzene rings is 3. The fourth-order valence-electron chi connectivity index (χ4n) is 8.06. The van der Waals surface area contributed by atoms with Gasteiger partial charge >= 0.3 is 0 Å². The SMILES string of the molecule is CC(C)Cc1cc(-c2[c-]ccc3ccccc23)ncc1[Si](C)(C)C.Cc1ccc2c(n1)oc1c(-c3cc(CC4CCCC4)c(C(C)C)cn3)[c-]ccc12.[Ir]. The summed E-state index contributed by atoms with van der Waals surface area (Å²) in [7, 11) is -1.39. The average Bonchev–Trinajstić information content (AvgIpc) is 3.78. The topological polar surface area (TPSA) is 51.8 Å². The quantitative estimate of drug-likeness (QED) is 0.113. The number of nitrogens with zero attached hydrogens (tertiary/aromatic N) is 3. The second kappa shape index (κ2) is 16.8. The van der Waals surface area contributed by atoms with Crippen molar-refractivity contribution in [1.29, 1.82) is 0 Å². The Labute approximate surface area is 336 Å². The van der Waals surface area contributed by atoms with Crippen LogP contribution in [-0.4, -0.2) is 23.0 Å². The van der Waals surface area contributed by atoms with Crippen LogP contribution in [0.1, 0.15) is 81.7 Å². The Kier molecular flexibility index (Phi) is 12.4. The summed E-state index contributed by atoms with van der Waals surface area (Å²) in [5.41, 5.74) is 10.8. The molecule has 0 bridgehead atoms. The summed E-state index contributed by atoms with van der Waals surface area (Å²) in [5.74, 6) is 1.93. The molecule has 0 unspecified atom stereocenters. The largest absolute Gasteiger partial charge is 0.486 e. The summed E-state index contributed by atoms with van der Waals surface area (Å²) in [4.78, 5) is 14.2. The van der Waals surface area contributed by atoms with E-state index in [0.29, 0.717) is 17.5 Å². The molecule has 6 heteroatoms. The molecule has 7 aromatic rings. The molecule has 281 valence electrons. The van der Waals surface area contributed by atoms with Crippen LogP contribution in [0.15, 0.2) is 89.6 Å². The molecule has 8 rings (SSSR count). The first-order chi connectivity index (χ1) is 25.5. The van der Waals surface area contributed by atoms with Gasteiger partial charge in [-0.25, -0.2) is 4.98 Å². The number of aryl methyl sites for hydroxylation is 1. The Bertz CT molecular complexity index is 2380. The van der Waals surface area contributed by atoms with Crippen molar-refractivity contribution in [2.75, 3.05) is 0 Å². The van der Waals surface area contributed by atoms with Crippen LogP contribution in [0.5, 0.6) is 0 Å². The minimum absolute atomic E-state index is 0. The van der Waals surface area contributed by atoms with E-state index in [4.69, 9.17) is 14.4 Å². The fraction of sp³-hybridized carbons (Fsp3) is 0.354. The van der Waals surface area contributed by atoms with Gasteiger partial charge < -0.3 is 14.4 Å². The monoisotopic (exact) mass is 908 g/mol. The van der Waals surface area contributed by atoms with Gasteiger partial charge in [0, 0.05) is 43.6 Å². The third-order valence-electron chi connectivity index (χ3n) is 10.7. The Hall–Kier alpha value is -3.96. The number of hydrogen-bond donors (Lipinski definition) is 0. The second-order valence-electron chi connectivity index (χ2n) is 16.8. The molecule has 0 N–H and O–H groups in total. The van der Waals surface area contributed by atoms with Crippen LogP contribution in [0, 0.1) is 30.9 Å². The van der Waals surface area contributed by atoms with Crippen molar-refractivity contribution in [3.05, 3.63) is 120 Å². The van der Waals surface area contributed by atoms with Crippen molar-refractivity contribution < 1.29 is 24.5 Å². The number of aromatic nitrogens is 3. The summed E-state index contributed by atoms with van der Waals surface area (Å²) in [6.07, 6.45) is 11.9. The molecule has 1 radical (unpaired) electrons. The zero-order valence-electron chi connectivity index (χ0n) is 33.1. The van der Waals surface area contributed by atoms with Crippen molar-refractivity contribution in [2.45, 2.75) is 98.7 Å². The minimum atomic E-state index is -1.39. The fourth-order valence-corrected chi connectivity index (χ4v) is 9.65. The molecule has 54 heavy (non-hydrogen) atoms. The van der Waals surface area contributed by atoms with Gasteiger partial charge in [0.15, 0.2) is 0 Å². The van der Waals surface area contributed by atoms with Crippen LogP contribution in [0.2, 0.25) is 19.6 Å². The van der Waals surface area contributed by atoms with Gasteiger partial charge in [-0.1, -0.05) is 131 Å². The Balaban J connectivity index is 0.000000184. The number of furan rings is 1. The van der Waals surface area contributed by atoms with E-state index in [9.17, 15) is 0 Å². The normalized spacial score (nSPS) is 13.5. The van der Waals surface area contributed by atoms with Gasteiger partial charge in [-0.15, -0.1) is 47.3 Å². The Morgan fingerprint density at radius 2 is 1.46 bits per heavy atom. The third kappa shape index (κ3) is 8.62. The molecule has 0 atom stereocenters. The van der Waals surface area contributed by atoms with Crippen LogP contribution in [-0.2, 0) is 32.9 Å². The summed E-state index contributed by atoms with van der Waals surface area (Å²) < 4.78 is 6.19. The van der Waals surface area contributed by atoms with Crippen molar-refractivity contribution in [2.24, 2.45) is 11.8 Å². The van der Waals surface area contributed by atoms with E-state index in [-0.39, 0.29) is 20.1 Å². The molecule has 4 aromatic heterocycles. The molecule has 0 saturated heterocycles. The first kappa shape index (κ1) is 39.7. The third-order valence-corrected chi connectivity index (χ3v) is 12.8. The predicted molar refractivity (Wildman–Crippen MR) is 226 cm³/mol. The van der Waals surface area contributed by atoms with E-state index in [2.05, 4.69) is 131 Å². The first-order valence-electron chi connectivity index (χ1n) is 19.5. The molecular weight excluding hydrogens is 855 g/mol. The van der Waals surface area contributed by atoms with E-state index in [0.717, 1.165) is 63.3 Å². The van der Waals surface area contributed by atoms with Gasteiger partial charge in [-0.2, -0.15) is 0 Å². The van der Waals surface area contributed by atoms with E-state index >= 15 is 0 Å². The van der Waals surface area contributed by atoms with Crippen molar-refractivity contribution >= 4 is 46.1 Å². The maximum atomic E-state index is 6.19. The first-order valence-corrected chi connectivity index (χ1v) is 23.0. The van der Waals surface area contributed by atoms with Crippen LogP contribution in [0.25, 0.3) is 55.4 Å². The molecule has 0 spiro atoms. The summed E-state index contributed by atoms with van der Waals surface area (Å²) >= 11 is 0. The van der Waals surface area contributed by atoms with E-state index in [1.54, 1.807) is 0 Å². The van der Waals surface area contributed by atoms with Gasteiger partial charge in [0.2, 0.25) is 5.71 Å². The molecule has 1 saturated carbocycles. The number of fused-ring (bicyclic) bond motifs is 4. The number of rotatable bonds is 8. The molecule has 3 aromatic carbocycles. The Morgan fingerprint density at radius 3 is 2.20 bits per heavy atom.